The summed E-state index contributed by atoms with van der Waals surface area (Å²) in [6.07, 6.45) is -4.34. The molecule has 0 fully saturated rings. The number of rotatable bonds is 1. The Bertz CT molecular complexity index is 743. The Hall–Kier alpha value is -2.43. The van der Waals surface area contributed by atoms with Gasteiger partial charge in [-0.2, -0.15) is 13.2 Å². The van der Waals surface area contributed by atoms with Crippen LogP contribution >= 0.6 is 0 Å². The summed E-state index contributed by atoms with van der Waals surface area (Å²) in [5.74, 6) is 0.779. The van der Waals surface area contributed by atoms with Crippen molar-refractivity contribution in [1.82, 2.24) is 0 Å². The molecule has 0 atom stereocenters. The highest BCUT2D eigenvalue weighted by Crippen LogP contribution is 2.39. The molecule has 1 aliphatic heterocycles. The molecule has 1 heterocycles. The molecule has 0 bridgehead atoms. The molecule has 5 heteroatoms. The number of fused-ring (bicyclic) bond motifs is 1. The third-order valence-electron chi connectivity index (χ3n) is 3.75. The van der Waals surface area contributed by atoms with Crippen LogP contribution in [-0.2, 0) is 6.18 Å². The van der Waals surface area contributed by atoms with Crippen LogP contribution in [0.15, 0.2) is 42.5 Å². The maximum absolute atomic E-state index is 12.6. The number of phenols is 1. The fraction of sp³-hybridized carbons (Fsp3) is 0.176. The van der Waals surface area contributed by atoms with E-state index in [1.54, 1.807) is 12.1 Å². The lowest BCUT2D eigenvalue weighted by Crippen LogP contribution is -2.10. The van der Waals surface area contributed by atoms with Gasteiger partial charge < -0.3 is 9.84 Å². The summed E-state index contributed by atoms with van der Waals surface area (Å²) in [7, 11) is 0. The van der Waals surface area contributed by atoms with Gasteiger partial charge in [0.25, 0.3) is 0 Å². The number of alkyl halides is 3. The molecule has 2 aromatic rings. The minimum absolute atomic E-state index is 0.121. The van der Waals surface area contributed by atoms with Gasteiger partial charge in [0.05, 0.1) is 5.56 Å². The Kier molecular flexibility index (Phi) is 3.35. The molecular weight excluding hydrogens is 293 g/mol. The zero-order chi connectivity index (χ0) is 15.9. The molecule has 0 saturated heterocycles. The zero-order valence-electron chi connectivity index (χ0n) is 11.7. The van der Waals surface area contributed by atoms with Crippen LogP contribution < -0.4 is 4.74 Å². The molecule has 1 aliphatic rings. The van der Waals surface area contributed by atoms with E-state index in [1.807, 2.05) is 6.92 Å². The monoisotopic (exact) mass is 306 g/mol. The summed E-state index contributed by atoms with van der Waals surface area (Å²) >= 11 is 0. The molecule has 0 unspecified atom stereocenters. The van der Waals surface area contributed by atoms with E-state index in [2.05, 4.69) is 0 Å². The van der Waals surface area contributed by atoms with E-state index in [0.29, 0.717) is 11.3 Å². The number of phenolic OH excluding ortho intramolecular Hbond substituents is 1. The largest absolute Gasteiger partial charge is 0.508 e. The van der Waals surface area contributed by atoms with E-state index in [9.17, 15) is 18.3 Å². The van der Waals surface area contributed by atoms with E-state index < -0.39 is 11.7 Å². The van der Waals surface area contributed by atoms with Crippen LogP contribution in [0.2, 0.25) is 0 Å². The van der Waals surface area contributed by atoms with Crippen LogP contribution in [0.5, 0.6) is 11.5 Å². The van der Waals surface area contributed by atoms with E-state index >= 15 is 0 Å². The zero-order valence-corrected chi connectivity index (χ0v) is 11.7. The van der Waals surface area contributed by atoms with Gasteiger partial charge in [-0.1, -0.05) is 12.1 Å². The van der Waals surface area contributed by atoms with E-state index in [0.717, 1.165) is 28.8 Å². The van der Waals surface area contributed by atoms with Crippen LogP contribution in [-0.4, -0.2) is 11.7 Å². The Morgan fingerprint density at radius 3 is 2.36 bits per heavy atom. The van der Waals surface area contributed by atoms with Gasteiger partial charge in [0.1, 0.15) is 18.1 Å². The number of ether oxygens (including phenoxy) is 1. The van der Waals surface area contributed by atoms with Crippen LogP contribution in [0.25, 0.3) is 11.1 Å². The normalized spacial score (nSPS) is 14.5. The molecule has 0 aliphatic carbocycles. The van der Waals surface area contributed by atoms with Crippen molar-refractivity contribution >= 4 is 11.1 Å². The van der Waals surface area contributed by atoms with E-state index in [4.69, 9.17) is 4.74 Å². The molecular formula is C17H13F3O2. The molecule has 0 saturated carbocycles. The quantitative estimate of drug-likeness (QED) is 0.825. The molecule has 22 heavy (non-hydrogen) atoms. The van der Waals surface area contributed by atoms with Gasteiger partial charge >= 0.3 is 6.18 Å². The maximum Gasteiger partial charge on any atom is 0.416 e. The standard InChI is InChI=1S/C17H13F3O2/c1-10-14-8-13(21)6-7-16(14)22-9-15(10)11-2-4-12(5-3-11)17(18,19)20/h2-8,21H,9H2,1H3. The van der Waals surface area contributed by atoms with Crippen LogP contribution in [0.3, 0.4) is 0 Å². The average molecular weight is 306 g/mol. The van der Waals surface area contributed by atoms with Gasteiger partial charge in [0.2, 0.25) is 0 Å². The first kappa shape index (κ1) is 14.5. The van der Waals surface area contributed by atoms with Gasteiger partial charge in [-0.3, -0.25) is 0 Å². The smallest absolute Gasteiger partial charge is 0.416 e. The lowest BCUT2D eigenvalue weighted by molar-refractivity contribution is -0.137. The van der Waals surface area contributed by atoms with Crippen molar-refractivity contribution in [3.8, 4) is 11.5 Å². The van der Waals surface area contributed by atoms with E-state index in [-0.39, 0.29) is 12.4 Å². The third-order valence-corrected chi connectivity index (χ3v) is 3.75. The Morgan fingerprint density at radius 2 is 1.73 bits per heavy atom. The Balaban J connectivity index is 2.03. The lowest BCUT2D eigenvalue weighted by atomic mass is 9.93. The summed E-state index contributed by atoms with van der Waals surface area (Å²) in [6.45, 7) is 2.16. The lowest BCUT2D eigenvalue weighted by Gasteiger charge is -2.23. The van der Waals surface area contributed by atoms with Gasteiger partial charge in [-0.25, -0.2) is 0 Å². The topological polar surface area (TPSA) is 29.5 Å². The van der Waals surface area contributed by atoms with Crippen LogP contribution in [0.4, 0.5) is 13.2 Å². The number of halogens is 3. The maximum atomic E-state index is 12.6. The molecule has 1 N–H and O–H groups in total. The van der Waals surface area contributed by atoms with Crippen molar-refractivity contribution in [3.63, 3.8) is 0 Å². The SMILES string of the molecule is CC1=C(c2ccc(C(F)(F)F)cc2)COc2ccc(O)cc21. The Morgan fingerprint density at radius 1 is 1.05 bits per heavy atom. The fourth-order valence-corrected chi connectivity index (χ4v) is 2.52. The highest BCUT2D eigenvalue weighted by Gasteiger charge is 2.30. The minimum Gasteiger partial charge on any atom is -0.508 e. The molecule has 0 spiro atoms. The molecule has 114 valence electrons. The average Bonchev–Trinajstić information content (AvgIpc) is 2.47. The third kappa shape index (κ3) is 2.54. The van der Waals surface area contributed by atoms with Gasteiger partial charge in [0.15, 0.2) is 0 Å². The first-order chi connectivity index (χ1) is 10.4. The van der Waals surface area contributed by atoms with Crippen LogP contribution in [0.1, 0.15) is 23.6 Å². The first-order valence-corrected chi connectivity index (χ1v) is 6.70. The summed E-state index contributed by atoms with van der Waals surface area (Å²) in [5.41, 5.74) is 2.45. The van der Waals surface area contributed by atoms with Gasteiger partial charge in [-0.15, -0.1) is 0 Å². The van der Waals surface area contributed by atoms with Crippen molar-refractivity contribution in [3.05, 3.63) is 59.2 Å². The second-order valence-electron chi connectivity index (χ2n) is 5.15. The van der Waals surface area contributed by atoms with Crippen LogP contribution in [0, 0.1) is 0 Å². The van der Waals surface area contributed by atoms with E-state index in [1.165, 1.54) is 18.2 Å². The highest BCUT2D eigenvalue weighted by molar-refractivity contribution is 5.93. The Labute approximate surface area is 125 Å². The fourth-order valence-electron chi connectivity index (χ4n) is 2.52. The van der Waals surface area contributed by atoms with Crippen molar-refractivity contribution in [2.75, 3.05) is 6.61 Å². The molecule has 3 rings (SSSR count). The van der Waals surface area contributed by atoms with Crippen molar-refractivity contribution in [2.24, 2.45) is 0 Å². The van der Waals surface area contributed by atoms with Crippen molar-refractivity contribution in [1.29, 1.82) is 0 Å². The summed E-state index contributed by atoms with van der Waals surface area (Å²) < 4.78 is 43.5. The molecule has 2 aromatic carbocycles. The second-order valence-corrected chi connectivity index (χ2v) is 5.15. The molecule has 0 amide bonds. The summed E-state index contributed by atoms with van der Waals surface area (Å²) in [5, 5.41) is 9.59. The molecule has 0 radical (unpaired) electrons. The number of hydrogen-bond acceptors (Lipinski definition) is 2. The number of aromatic hydroxyl groups is 1. The molecule has 0 aromatic heterocycles. The summed E-state index contributed by atoms with van der Waals surface area (Å²) in [6, 6.07) is 9.82. The number of hydrogen-bond donors (Lipinski definition) is 1. The summed E-state index contributed by atoms with van der Waals surface area (Å²) in [4.78, 5) is 0. The number of benzene rings is 2. The highest BCUT2D eigenvalue weighted by atomic mass is 19.4. The molecule has 2 nitrogen and oxygen atoms in total. The predicted molar refractivity (Wildman–Crippen MR) is 77.5 cm³/mol. The first-order valence-electron chi connectivity index (χ1n) is 6.70. The van der Waals surface area contributed by atoms with Gasteiger partial charge in [-0.05, 0) is 48.4 Å². The van der Waals surface area contributed by atoms with Gasteiger partial charge in [0, 0.05) is 11.1 Å². The van der Waals surface area contributed by atoms with Crippen molar-refractivity contribution < 1.29 is 23.0 Å². The predicted octanol–water partition coefficient (Wildman–Crippen LogP) is 4.73. The minimum atomic E-state index is -4.34. The van der Waals surface area contributed by atoms with Crippen molar-refractivity contribution in [2.45, 2.75) is 13.1 Å². The number of allylic oxidation sites excluding steroid dienone is 1. The second kappa shape index (κ2) is 5.09.